The molecule has 1 N–H and O–H groups in total. The van der Waals surface area contributed by atoms with E-state index in [0.29, 0.717) is 102 Å². The smallest absolute Gasteiger partial charge is 0.264 e. The first kappa shape index (κ1) is 51.2. The summed E-state index contributed by atoms with van der Waals surface area (Å²) < 4.78 is 30.6. The van der Waals surface area contributed by atoms with Crippen LogP contribution < -0.4 is 9.64 Å². The number of likely N-dealkylation sites (tertiary alicyclic amines) is 1. The molecule has 0 unspecified atom stereocenters. The Labute approximate surface area is 439 Å². The Kier molecular flexibility index (Phi) is 15.0. The van der Waals surface area contributed by atoms with Crippen LogP contribution in [0.25, 0.3) is 11.3 Å². The molecule has 2 aromatic heterocycles. The molecule has 4 aliphatic heterocycles. The molecule has 390 valence electrons. The number of hydrogen-bond acceptors (Lipinski definition) is 9. The highest BCUT2D eigenvalue weighted by Gasteiger charge is 2.36. The standard InChI is InChI=1S/C60H67FN8O6/c1-39-27-57(75-26-23-65-21-24-74-25-22-65)54(61)31-45(39)32-58(71)67-20-17-43-29-52(53(30-46(43)36-67)59(72)68-37-44-12-8-7-11-42(44)28-49(68)38-66-18-9-6-10-19-66)56-34-51(40(2)64(56)5)60(73)69(47-13-15-50(70)16-14-47)55-33-48(35-62)63(4)41(55)3/h7-8,11-16,27,29-31,33-34,49,70H,6,9-10,17-26,28,32,36-38H2,1-5H3/t49-/m0/s1. The van der Waals surface area contributed by atoms with Crippen LogP contribution in [0.1, 0.15) is 90.4 Å². The zero-order valence-corrected chi connectivity index (χ0v) is 43.8. The van der Waals surface area contributed by atoms with Crippen molar-refractivity contribution >= 4 is 29.1 Å². The van der Waals surface area contributed by atoms with Crippen LogP contribution in [-0.4, -0.2) is 123 Å². The van der Waals surface area contributed by atoms with E-state index < -0.39 is 5.82 Å². The number of rotatable bonds is 13. The molecule has 14 nitrogen and oxygen atoms in total. The molecule has 6 aromatic rings. The van der Waals surface area contributed by atoms with Gasteiger partial charge in [0.15, 0.2) is 11.6 Å². The topological polar surface area (TPSA) is 140 Å². The largest absolute Gasteiger partial charge is 0.508 e. The van der Waals surface area contributed by atoms with Crippen molar-refractivity contribution in [3.05, 3.63) is 152 Å². The summed E-state index contributed by atoms with van der Waals surface area (Å²) in [6, 6.07) is 27.7. The van der Waals surface area contributed by atoms with Gasteiger partial charge < -0.3 is 38.4 Å². The lowest BCUT2D eigenvalue weighted by Crippen LogP contribution is -2.51. The number of hydrogen-bond donors (Lipinski definition) is 1. The summed E-state index contributed by atoms with van der Waals surface area (Å²) in [5, 5.41) is 20.3. The summed E-state index contributed by atoms with van der Waals surface area (Å²) in [4.78, 5) is 55.5. The number of morpholine rings is 1. The number of halogens is 1. The molecule has 2 fully saturated rings. The van der Waals surface area contributed by atoms with Gasteiger partial charge in [0.05, 0.1) is 30.9 Å². The first-order chi connectivity index (χ1) is 36.3. The number of amides is 3. The molecule has 2 saturated heterocycles. The predicted molar refractivity (Wildman–Crippen MR) is 286 cm³/mol. The van der Waals surface area contributed by atoms with E-state index in [9.17, 15) is 15.2 Å². The lowest BCUT2D eigenvalue weighted by Gasteiger charge is -2.41. The monoisotopic (exact) mass is 1010 g/mol. The quantitative estimate of drug-likeness (QED) is 0.121. The van der Waals surface area contributed by atoms with E-state index in [2.05, 4.69) is 40.1 Å². The Morgan fingerprint density at radius 3 is 2.28 bits per heavy atom. The fourth-order valence-electron chi connectivity index (χ4n) is 11.5. The van der Waals surface area contributed by atoms with Gasteiger partial charge in [-0.2, -0.15) is 5.26 Å². The van der Waals surface area contributed by atoms with E-state index in [0.717, 1.165) is 74.2 Å². The molecular weight excluding hydrogens is 948 g/mol. The third-order valence-corrected chi connectivity index (χ3v) is 16.2. The summed E-state index contributed by atoms with van der Waals surface area (Å²) in [5.74, 6) is -0.865. The highest BCUT2D eigenvalue weighted by molar-refractivity contribution is 6.13. The number of ether oxygens (including phenoxy) is 2. The van der Waals surface area contributed by atoms with Gasteiger partial charge in [-0.15, -0.1) is 0 Å². The minimum Gasteiger partial charge on any atom is -0.508 e. The van der Waals surface area contributed by atoms with Crippen molar-refractivity contribution in [3.63, 3.8) is 0 Å². The minimum absolute atomic E-state index is 0.0162. The van der Waals surface area contributed by atoms with Gasteiger partial charge in [-0.3, -0.25) is 24.2 Å². The first-order valence-electron chi connectivity index (χ1n) is 26.4. The normalized spacial score (nSPS) is 17.1. The summed E-state index contributed by atoms with van der Waals surface area (Å²) in [5.41, 5.74) is 10.7. The lowest BCUT2D eigenvalue weighted by molar-refractivity contribution is -0.131. The summed E-state index contributed by atoms with van der Waals surface area (Å²) in [7, 11) is 3.70. The van der Waals surface area contributed by atoms with Crippen molar-refractivity contribution in [1.29, 1.82) is 5.26 Å². The number of benzene rings is 4. The number of carbonyl (C=O) groups is 3. The third-order valence-electron chi connectivity index (χ3n) is 16.2. The molecule has 1 atom stereocenters. The predicted octanol–water partition coefficient (Wildman–Crippen LogP) is 8.54. The molecule has 0 radical (unpaired) electrons. The Balaban J connectivity index is 0.998. The molecule has 75 heavy (non-hydrogen) atoms. The van der Waals surface area contributed by atoms with Gasteiger partial charge in [-0.05, 0) is 154 Å². The van der Waals surface area contributed by atoms with Crippen LogP contribution in [-0.2, 0) is 56.0 Å². The van der Waals surface area contributed by atoms with Gasteiger partial charge >= 0.3 is 0 Å². The van der Waals surface area contributed by atoms with Gasteiger partial charge in [-0.25, -0.2) is 4.39 Å². The van der Waals surface area contributed by atoms with Crippen LogP contribution in [0.5, 0.6) is 11.5 Å². The van der Waals surface area contributed by atoms with Gasteiger partial charge in [0, 0.05) is 99.8 Å². The van der Waals surface area contributed by atoms with Gasteiger partial charge in [0.1, 0.15) is 24.1 Å². The van der Waals surface area contributed by atoms with E-state index in [1.165, 1.54) is 30.2 Å². The van der Waals surface area contributed by atoms with E-state index in [-0.39, 0.29) is 48.2 Å². The van der Waals surface area contributed by atoms with E-state index >= 15 is 14.0 Å². The minimum atomic E-state index is -0.499. The van der Waals surface area contributed by atoms with Crippen molar-refractivity contribution in [1.82, 2.24) is 28.7 Å². The maximum absolute atomic E-state index is 15.8. The highest BCUT2D eigenvalue weighted by atomic mass is 19.1. The number of piperidine rings is 1. The third kappa shape index (κ3) is 10.6. The molecule has 0 saturated carbocycles. The van der Waals surface area contributed by atoms with Crippen molar-refractivity contribution < 1.29 is 33.4 Å². The average molecular weight is 1020 g/mol. The number of anilines is 2. The van der Waals surface area contributed by atoms with Crippen LogP contribution in [0.15, 0.2) is 84.9 Å². The zero-order chi connectivity index (χ0) is 52.5. The summed E-state index contributed by atoms with van der Waals surface area (Å²) in [6.45, 7) is 13.5. The molecule has 0 bridgehead atoms. The number of aromatic nitrogens is 2. The van der Waals surface area contributed by atoms with Crippen molar-refractivity contribution in [2.24, 2.45) is 14.1 Å². The maximum atomic E-state index is 15.8. The summed E-state index contributed by atoms with van der Waals surface area (Å²) in [6.07, 6.45) is 4.74. The van der Waals surface area contributed by atoms with Crippen molar-refractivity contribution in [2.45, 2.75) is 78.4 Å². The van der Waals surface area contributed by atoms with Crippen LogP contribution in [0, 0.1) is 37.9 Å². The van der Waals surface area contributed by atoms with Crippen molar-refractivity contribution in [2.75, 3.05) is 70.5 Å². The molecule has 3 amide bonds. The van der Waals surface area contributed by atoms with Crippen LogP contribution in [0.2, 0.25) is 0 Å². The fourth-order valence-corrected chi connectivity index (χ4v) is 11.5. The highest BCUT2D eigenvalue weighted by Crippen LogP contribution is 2.39. The van der Waals surface area contributed by atoms with Crippen LogP contribution in [0.3, 0.4) is 0 Å². The SMILES string of the molecule is Cc1cc(OCCN2CCOCC2)c(F)cc1CC(=O)N1CCc2cc(-c3cc(C(=O)N(c4ccc(O)cc4)c4cc(C#N)n(C)c4C)c(C)n3C)c(C(=O)N3Cc4ccccc4C[C@H]3CN3CCCCC3)cc2C1. The van der Waals surface area contributed by atoms with Crippen LogP contribution >= 0.6 is 0 Å². The number of aryl methyl sites for hydroxylation is 1. The second kappa shape index (κ2) is 21.9. The Bertz CT molecular complexity index is 3180. The van der Waals surface area contributed by atoms with E-state index in [1.807, 2.05) is 55.5 Å². The maximum Gasteiger partial charge on any atom is 0.264 e. The summed E-state index contributed by atoms with van der Waals surface area (Å²) >= 11 is 0. The molecule has 15 heteroatoms. The molecule has 4 aliphatic rings. The van der Waals surface area contributed by atoms with E-state index in [4.69, 9.17) is 9.47 Å². The molecule has 0 spiro atoms. The number of phenols is 1. The Morgan fingerprint density at radius 2 is 1.55 bits per heavy atom. The van der Waals surface area contributed by atoms with Gasteiger partial charge in [0.25, 0.3) is 11.8 Å². The number of nitrogens with zero attached hydrogens (tertiary/aromatic N) is 8. The van der Waals surface area contributed by atoms with Crippen LogP contribution in [0.4, 0.5) is 15.8 Å². The lowest BCUT2D eigenvalue weighted by atomic mass is 9.89. The first-order valence-corrected chi connectivity index (χ1v) is 26.4. The second-order valence-corrected chi connectivity index (χ2v) is 20.8. The fraction of sp³-hybridized carbons (Fsp3) is 0.400. The second-order valence-electron chi connectivity index (χ2n) is 20.8. The molecule has 10 rings (SSSR count). The van der Waals surface area contributed by atoms with Crippen molar-refractivity contribution in [3.8, 4) is 28.8 Å². The average Bonchev–Trinajstić information content (AvgIpc) is 3.89. The molecule has 6 heterocycles. The number of aromatic hydroxyl groups is 1. The number of phenolic OH excluding ortho intramolecular Hbond substituents is 1. The Hall–Kier alpha value is -7.25. The molecule has 4 aromatic carbocycles. The van der Waals surface area contributed by atoms with Gasteiger partial charge in [-0.1, -0.05) is 30.7 Å². The molecule has 0 aliphatic carbocycles. The zero-order valence-electron chi connectivity index (χ0n) is 43.8. The number of fused-ring (bicyclic) bond motifs is 2. The number of nitriles is 1. The Morgan fingerprint density at radius 1 is 0.800 bits per heavy atom. The molecular formula is C60H67FN8O6. The van der Waals surface area contributed by atoms with E-state index in [1.54, 1.807) is 45.7 Å². The van der Waals surface area contributed by atoms with Gasteiger partial charge in [0.2, 0.25) is 5.91 Å². The number of carbonyl (C=O) groups excluding carboxylic acids is 3.